The summed E-state index contributed by atoms with van der Waals surface area (Å²) >= 11 is 0. The van der Waals surface area contributed by atoms with Gasteiger partial charge in [-0.05, 0) is 24.3 Å². The first-order valence-electron chi connectivity index (χ1n) is 6.05. The minimum Gasteiger partial charge on any atom is -0.380 e. The predicted molar refractivity (Wildman–Crippen MR) is 81.6 cm³/mol. The molecule has 112 valence electrons. The van der Waals surface area contributed by atoms with Crippen LogP contribution in [0.5, 0.6) is 0 Å². The van der Waals surface area contributed by atoms with Gasteiger partial charge in [-0.1, -0.05) is 6.92 Å². The van der Waals surface area contributed by atoms with E-state index >= 15 is 0 Å². The maximum absolute atomic E-state index is 11.8. The molecule has 0 aromatic heterocycles. The lowest BCUT2D eigenvalue weighted by Gasteiger charge is -2.06. The van der Waals surface area contributed by atoms with Gasteiger partial charge in [0.05, 0.1) is 10.6 Å². The molecule has 6 N–H and O–H groups in total. The Bertz CT molecular complexity index is 699. The molecular formula is C11H15N7O2S. The van der Waals surface area contributed by atoms with E-state index in [9.17, 15) is 8.42 Å². The fraction of sp³-hybridized carbons (Fsp3) is 0.182. The van der Waals surface area contributed by atoms with Gasteiger partial charge in [0.2, 0.25) is 10.0 Å². The van der Waals surface area contributed by atoms with Crippen molar-refractivity contribution < 1.29 is 8.42 Å². The van der Waals surface area contributed by atoms with E-state index in [1.165, 1.54) is 12.1 Å². The van der Waals surface area contributed by atoms with Crippen LogP contribution in [0.1, 0.15) is 6.92 Å². The molecular weight excluding hydrogens is 294 g/mol. The number of amidine groups is 2. The molecule has 0 spiro atoms. The van der Waals surface area contributed by atoms with Crippen LogP contribution in [0.3, 0.4) is 0 Å². The van der Waals surface area contributed by atoms with Crippen LogP contribution in [-0.2, 0) is 10.0 Å². The maximum Gasteiger partial charge on any atom is 0.240 e. The van der Waals surface area contributed by atoms with Gasteiger partial charge in [0.25, 0.3) is 0 Å². The number of hydrogen-bond donors (Lipinski definition) is 4. The zero-order chi connectivity index (χ0) is 15.5. The highest BCUT2D eigenvalue weighted by atomic mass is 32.2. The average molecular weight is 309 g/mol. The molecule has 2 rings (SSSR count). The fourth-order valence-electron chi connectivity index (χ4n) is 1.55. The summed E-state index contributed by atoms with van der Waals surface area (Å²) in [4.78, 5) is 0.172. The van der Waals surface area contributed by atoms with Gasteiger partial charge in [0, 0.05) is 6.54 Å². The summed E-state index contributed by atoms with van der Waals surface area (Å²) in [6.07, 6.45) is 0. The summed E-state index contributed by atoms with van der Waals surface area (Å²) < 4.78 is 26.0. The Labute approximate surface area is 121 Å². The van der Waals surface area contributed by atoms with Gasteiger partial charge in [-0.15, -0.1) is 10.2 Å². The van der Waals surface area contributed by atoms with E-state index in [1.807, 2.05) is 0 Å². The van der Waals surface area contributed by atoms with Crippen molar-refractivity contribution in [2.24, 2.45) is 26.8 Å². The van der Waals surface area contributed by atoms with Crippen LogP contribution in [0.2, 0.25) is 0 Å². The summed E-state index contributed by atoms with van der Waals surface area (Å²) in [5, 5.41) is 11.1. The average Bonchev–Trinajstić information content (AvgIpc) is 2.76. The molecule has 0 amide bonds. The molecule has 1 aliphatic rings. The third-order valence-electron chi connectivity index (χ3n) is 2.55. The van der Waals surface area contributed by atoms with Crippen LogP contribution >= 0.6 is 0 Å². The zero-order valence-electron chi connectivity index (χ0n) is 11.2. The molecule has 0 bridgehead atoms. The van der Waals surface area contributed by atoms with Crippen molar-refractivity contribution in [3.8, 4) is 0 Å². The van der Waals surface area contributed by atoms with Crippen LogP contribution in [0, 0.1) is 0 Å². The minimum absolute atomic E-state index is 0.117. The van der Waals surface area contributed by atoms with E-state index in [0.29, 0.717) is 12.2 Å². The second kappa shape index (κ2) is 5.89. The standard InChI is InChI=1S/C11H15N7O2S/c1-2-14-21(19,20)8-5-3-7(4-6-8)15-16-9-10(12)17-18-11(9)13/h3-6,14-15H,2H2,1H3,(H4,12,13,16,17,18). The van der Waals surface area contributed by atoms with Crippen LogP contribution in [0.25, 0.3) is 0 Å². The van der Waals surface area contributed by atoms with E-state index in [-0.39, 0.29) is 22.3 Å². The lowest BCUT2D eigenvalue weighted by Crippen LogP contribution is -2.32. The number of nitrogens with one attached hydrogen (secondary N) is 2. The molecule has 0 radical (unpaired) electrons. The maximum atomic E-state index is 11.8. The molecule has 1 aromatic rings. The molecule has 0 atom stereocenters. The predicted octanol–water partition coefficient (Wildman–Crippen LogP) is -0.604. The van der Waals surface area contributed by atoms with Crippen molar-refractivity contribution in [2.45, 2.75) is 11.8 Å². The first kappa shape index (κ1) is 14.9. The van der Waals surface area contributed by atoms with E-state index in [0.717, 1.165) is 0 Å². The number of hydrazone groups is 1. The topological polar surface area (TPSA) is 147 Å². The van der Waals surface area contributed by atoms with Crippen molar-refractivity contribution in [3.05, 3.63) is 24.3 Å². The third-order valence-corrected chi connectivity index (χ3v) is 4.11. The normalized spacial score (nSPS) is 14.6. The lowest BCUT2D eigenvalue weighted by atomic mass is 10.3. The van der Waals surface area contributed by atoms with E-state index in [4.69, 9.17) is 11.5 Å². The highest BCUT2D eigenvalue weighted by Gasteiger charge is 2.16. The largest absolute Gasteiger partial charge is 0.380 e. The molecule has 0 saturated heterocycles. The summed E-state index contributed by atoms with van der Waals surface area (Å²) in [5.41, 5.74) is 14.6. The summed E-state index contributed by atoms with van der Waals surface area (Å²) in [7, 11) is -3.47. The van der Waals surface area contributed by atoms with E-state index < -0.39 is 10.0 Å². The molecule has 21 heavy (non-hydrogen) atoms. The lowest BCUT2D eigenvalue weighted by molar-refractivity contribution is 0.584. The van der Waals surface area contributed by atoms with E-state index in [2.05, 4.69) is 25.5 Å². The van der Waals surface area contributed by atoms with Crippen molar-refractivity contribution in [3.63, 3.8) is 0 Å². The summed E-state index contributed by atoms with van der Waals surface area (Å²) in [6, 6.07) is 6.07. The molecule has 0 saturated carbocycles. The molecule has 0 aliphatic carbocycles. The van der Waals surface area contributed by atoms with Crippen LogP contribution in [0.15, 0.2) is 44.5 Å². The highest BCUT2D eigenvalue weighted by molar-refractivity contribution is 7.89. The second-order valence-electron chi connectivity index (χ2n) is 4.07. The molecule has 1 aliphatic heterocycles. The summed E-state index contributed by atoms with van der Waals surface area (Å²) in [5.74, 6) is 0.234. The first-order chi connectivity index (χ1) is 9.94. The quantitative estimate of drug-likeness (QED) is 0.536. The van der Waals surface area contributed by atoms with Gasteiger partial charge < -0.3 is 11.5 Å². The molecule has 1 heterocycles. The van der Waals surface area contributed by atoms with Gasteiger partial charge in [-0.2, -0.15) is 5.10 Å². The highest BCUT2D eigenvalue weighted by Crippen LogP contribution is 2.14. The Hall–Kier alpha value is -2.46. The minimum atomic E-state index is -3.47. The zero-order valence-corrected chi connectivity index (χ0v) is 12.1. The second-order valence-corrected chi connectivity index (χ2v) is 5.84. The third kappa shape index (κ3) is 3.35. The van der Waals surface area contributed by atoms with Gasteiger partial charge >= 0.3 is 0 Å². The van der Waals surface area contributed by atoms with Gasteiger partial charge in [0.1, 0.15) is 0 Å². The SMILES string of the molecule is CCNS(=O)(=O)c1ccc(NN=C2C(N)=NN=C2N)cc1. The Balaban J connectivity index is 2.12. The van der Waals surface area contributed by atoms with Crippen molar-refractivity contribution in [1.82, 2.24) is 4.72 Å². The van der Waals surface area contributed by atoms with Crippen LogP contribution in [-0.4, -0.2) is 32.3 Å². The van der Waals surface area contributed by atoms with Crippen LogP contribution < -0.4 is 21.6 Å². The number of nitrogens with two attached hydrogens (primary N) is 2. The fourth-order valence-corrected chi connectivity index (χ4v) is 2.59. The number of anilines is 1. The number of benzene rings is 1. The number of nitrogens with zero attached hydrogens (tertiary/aromatic N) is 3. The van der Waals surface area contributed by atoms with Crippen molar-refractivity contribution in [1.29, 1.82) is 0 Å². The monoisotopic (exact) mass is 309 g/mol. The van der Waals surface area contributed by atoms with Gasteiger partial charge in [-0.25, -0.2) is 13.1 Å². The van der Waals surface area contributed by atoms with Crippen molar-refractivity contribution >= 4 is 33.1 Å². The molecule has 10 heteroatoms. The van der Waals surface area contributed by atoms with Crippen LogP contribution in [0.4, 0.5) is 5.69 Å². The smallest absolute Gasteiger partial charge is 0.240 e. The molecule has 9 nitrogen and oxygen atoms in total. The number of hydrogen-bond acceptors (Lipinski definition) is 8. The van der Waals surface area contributed by atoms with Gasteiger partial charge in [-0.3, -0.25) is 5.43 Å². The molecule has 1 aromatic carbocycles. The Morgan fingerprint density at radius 1 is 1.14 bits per heavy atom. The van der Waals surface area contributed by atoms with Gasteiger partial charge in [0.15, 0.2) is 17.4 Å². The number of sulfonamides is 1. The Morgan fingerprint density at radius 3 is 2.24 bits per heavy atom. The Morgan fingerprint density at radius 2 is 1.71 bits per heavy atom. The summed E-state index contributed by atoms with van der Waals surface area (Å²) in [6.45, 7) is 2.04. The van der Waals surface area contributed by atoms with Crippen molar-refractivity contribution in [2.75, 3.05) is 12.0 Å². The molecule has 0 fully saturated rings. The Kier molecular flexibility index (Phi) is 4.19. The first-order valence-corrected chi connectivity index (χ1v) is 7.53. The van der Waals surface area contributed by atoms with E-state index in [1.54, 1.807) is 19.1 Å². The number of rotatable bonds is 5. The molecule has 0 unspecified atom stereocenters.